The van der Waals surface area contributed by atoms with Gasteiger partial charge in [-0.05, 0) is 64.2 Å². The summed E-state index contributed by atoms with van der Waals surface area (Å²) >= 11 is 0. The molecule has 1 unspecified atom stereocenters. The zero-order valence-electron chi connectivity index (χ0n) is 49.8. The van der Waals surface area contributed by atoms with E-state index in [1.54, 1.807) is 6.08 Å². The van der Waals surface area contributed by atoms with Gasteiger partial charge >= 0.3 is 17.9 Å². The number of hydrogen-bond acceptors (Lipinski definition) is 6. The van der Waals surface area contributed by atoms with E-state index >= 15 is 0 Å². The summed E-state index contributed by atoms with van der Waals surface area (Å²) in [6.07, 6.45) is 82.6. The second-order valence-corrected chi connectivity index (χ2v) is 21.7. The van der Waals surface area contributed by atoms with Gasteiger partial charge in [-0.15, -0.1) is 0 Å². The molecule has 0 aliphatic heterocycles. The Labute approximate surface area is 465 Å². The molecule has 75 heavy (non-hydrogen) atoms. The van der Waals surface area contributed by atoms with Gasteiger partial charge in [-0.1, -0.05) is 318 Å². The summed E-state index contributed by atoms with van der Waals surface area (Å²) in [7, 11) is 0. The third-order valence-corrected chi connectivity index (χ3v) is 14.2. The molecule has 0 aromatic carbocycles. The molecule has 6 nitrogen and oxygen atoms in total. The molecular weight excluding hydrogens is 925 g/mol. The van der Waals surface area contributed by atoms with Gasteiger partial charge in [0, 0.05) is 12.8 Å². The Morgan fingerprint density at radius 1 is 0.293 bits per heavy atom. The lowest BCUT2D eigenvalue weighted by Gasteiger charge is -2.18. The van der Waals surface area contributed by atoms with Crippen LogP contribution in [0.3, 0.4) is 0 Å². The fourth-order valence-corrected chi connectivity index (χ4v) is 9.39. The molecule has 0 rings (SSSR count). The van der Waals surface area contributed by atoms with Crippen molar-refractivity contribution in [3.63, 3.8) is 0 Å². The van der Waals surface area contributed by atoms with Crippen LogP contribution in [0.4, 0.5) is 0 Å². The van der Waals surface area contributed by atoms with Crippen molar-refractivity contribution in [2.75, 3.05) is 13.2 Å². The molecule has 0 fully saturated rings. The van der Waals surface area contributed by atoms with Crippen LogP contribution in [0.1, 0.15) is 329 Å². The molecular formula is C69H122O6. The molecule has 0 aliphatic rings. The van der Waals surface area contributed by atoms with Crippen molar-refractivity contribution in [2.45, 2.75) is 335 Å². The van der Waals surface area contributed by atoms with Crippen molar-refractivity contribution >= 4 is 17.9 Å². The summed E-state index contributed by atoms with van der Waals surface area (Å²) in [5.74, 6) is -1.04. The number of hydrogen-bond donors (Lipinski definition) is 0. The average molecular weight is 1050 g/mol. The van der Waals surface area contributed by atoms with Crippen LogP contribution < -0.4 is 0 Å². The van der Waals surface area contributed by atoms with Crippen LogP contribution in [0.15, 0.2) is 72.9 Å². The van der Waals surface area contributed by atoms with Gasteiger partial charge in [0.05, 0.1) is 6.42 Å². The van der Waals surface area contributed by atoms with Gasteiger partial charge in [-0.2, -0.15) is 0 Å². The number of carbonyl (C=O) groups excluding carboxylic acids is 3. The monoisotopic (exact) mass is 1050 g/mol. The molecule has 6 heteroatoms. The topological polar surface area (TPSA) is 78.9 Å². The van der Waals surface area contributed by atoms with Crippen molar-refractivity contribution in [3.05, 3.63) is 72.9 Å². The van der Waals surface area contributed by atoms with Crippen LogP contribution >= 0.6 is 0 Å². The van der Waals surface area contributed by atoms with Crippen molar-refractivity contribution in [2.24, 2.45) is 0 Å². The average Bonchev–Trinajstić information content (AvgIpc) is 3.41. The molecule has 0 aromatic rings. The molecule has 0 N–H and O–H groups in total. The summed E-state index contributed by atoms with van der Waals surface area (Å²) < 4.78 is 16.8. The maximum atomic E-state index is 12.8. The normalized spacial score (nSPS) is 12.5. The van der Waals surface area contributed by atoms with Crippen molar-refractivity contribution < 1.29 is 28.6 Å². The van der Waals surface area contributed by atoms with E-state index in [4.69, 9.17) is 14.2 Å². The predicted molar refractivity (Wildman–Crippen MR) is 325 cm³/mol. The first-order valence-corrected chi connectivity index (χ1v) is 32.4. The summed E-state index contributed by atoms with van der Waals surface area (Å²) in [4.78, 5) is 38.1. The van der Waals surface area contributed by atoms with Crippen LogP contribution in [-0.4, -0.2) is 37.2 Å². The van der Waals surface area contributed by atoms with Gasteiger partial charge in [0.1, 0.15) is 13.2 Å². The van der Waals surface area contributed by atoms with E-state index in [-0.39, 0.29) is 31.6 Å². The SMILES string of the molecule is CC/C=C\C/C=C\C/C=C\C/C=C\C/C=C\CC(=O)OC(COC(=O)CCCCCCC/C=C\CCCC)COC(=O)CCCCCCCCCCCCCCCCCCCCCCCCCCCCCCCCC. The number of unbranched alkanes of at least 4 members (excludes halogenated alkanes) is 37. The van der Waals surface area contributed by atoms with Crippen LogP contribution in [0, 0.1) is 0 Å². The molecule has 0 amide bonds. The zero-order valence-corrected chi connectivity index (χ0v) is 49.8. The molecule has 0 heterocycles. The minimum absolute atomic E-state index is 0.0974. The third kappa shape index (κ3) is 61.6. The smallest absolute Gasteiger partial charge is 0.310 e. The molecule has 434 valence electrons. The summed E-state index contributed by atoms with van der Waals surface area (Å²) in [6.45, 7) is 6.43. The largest absolute Gasteiger partial charge is 0.462 e. The number of esters is 3. The van der Waals surface area contributed by atoms with E-state index in [0.29, 0.717) is 12.8 Å². The van der Waals surface area contributed by atoms with E-state index in [1.165, 1.54) is 205 Å². The molecule has 1 atom stereocenters. The fraction of sp³-hybridized carbons (Fsp3) is 0.783. The Balaban J connectivity index is 4.15. The number of allylic oxidation sites excluding steroid dienone is 11. The van der Waals surface area contributed by atoms with Crippen LogP contribution in [-0.2, 0) is 28.6 Å². The van der Waals surface area contributed by atoms with Gasteiger partial charge in [0.15, 0.2) is 6.10 Å². The second kappa shape index (κ2) is 63.4. The molecule has 0 bridgehead atoms. The number of carbonyl (C=O) groups is 3. The van der Waals surface area contributed by atoms with Crippen LogP contribution in [0.2, 0.25) is 0 Å². The van der Waals surface area contributed by atoms with Crippen molar-refractivity contribution in [3.8, 4) is 0 Å². The lowest BCUT2D eigenvalue weighted by molar-refractivity contribution is -0.166. The quantitative estimate of drug-likeness (QED) is 0.0261. The van der Waals surface area contributed by atoms with Crippen molar-refractivity contribution in [1.82, 2.24) is 0 Å². The first-order valence-electron chi connectivity index (χ1n) is 32.4. The van der Waals surface area contributed by atoms with Gasteiger partial charge in [-0.3, -0.25) is 14.4 Å². The van der Waals surface area contributed by atoms with E-state index in [9.17, 15) is 14.4 Å². The third-order valence-electron chi connectivity index (χ3n) is 14.2. The molecule has 0 saturated heterocycles. The molecule has 0 aliphatic carbocycles. The Hall–Kier alpha value is -3.15. The Morgan fingerprint density at radius 3 is 0.907 bits per heavy atom. The summed E-state index contributed by atoms with van der Waals surface area (Å²) in [5, 5.41) is 0. The first kappa shape index (κ1) is 71.8. The van der Waals surface area contributed by atoms with E-state index in [1.807, 2.05) is 6.08 Å². The highest BCUT2D eigenvalue weighted by atomic mass is 16.6. The molecule has 0 saturated carbocycles. The van der Waals surface area contributed by atoms with Gasteiger partial charge in [0.25, 0.3) is 0 Å². The van der Waals surface area contributed by atoms with Crippen LogP contribution in [0.5, 0.6) is 0 Å². The summed E-state index contributed by atoms with van der Waals surface area (Å²) in [6, 6.07) is 0. The van der Waals surface area contributed by atoms with Gasteiger partial charge in [0.2, 0.25) is 0 Å². The van der Waals surface area contributed by atoms with E-state index in [0.717, 1.165) is 83.5 Å². The Morgan fingerprint density at radius 2 is 0.573 bits per heavy atom. The highest BCUT2D eigenvalue weighted by Crippen LogP contribution is 2.18. The van der Waals surface area contributed by atoms with E-state index in [2.05, 4.69) is 81.5 Å². The first-order chi connectivity index (χ1) is 37.0. The fourth-order valence-electron chi connectivity index (χ4n) is 9.39. The maximum Gasteiger partial charge on any atom is 0.310 e. The van der Waals surface area contributed by atoms with Crippen LogP contribution in [0.25, 0.3) is 0 Å². The van der Waals surface area contributed by atoms with Gasteiger partial charge in [-0.25, -0.2) is 0 Å². The molecule has 0 spiro atoms. The highest BCUT2D eigenvalue weighted by Gasteiger charge is 2.19. The maximum absolute atomic E-state index is 12.8. The predicted octanol–water partition coefficient (Wildman–Crippen LogP) is 22.1. The highest BCUT2D eigenvalue weighted by molar-refractivity contribution is 5.72. The lowest BCUT2D eigenvalue weighted by atomic mass is 10.0. The minimum Gasteiger partial charge on any atom is -0.462 e. The molecule has 0 aromatic heterocycles. The summed E-state index contributed by atoms with van der Waals surface area (Å²) in [5.41, 5.74) is 0. The van der Waals surface area contributed by atoms with Gasteiger partial charge < -0.3 is 14.2 Å². The lowest BCUT2D eigenvalue weighted by Crippen LogP contribution is -2.30. The molecule has 0 radical (unpaired) electrons. The number of rotatable bonds is 59. The zero-order chi connectivity index (χ0) is 54.3. The van der Waals surface area contributed by atoms with E-state index < -0.39 is 12.1 Å². The van der Waals surface area contributed by atoms with Crippen molar-refractivity contribution in [1.29, 1.82) is 0 Å². The Bertz CT molecular complexity index is 1390. The standard InChI is InChI=1S/C69H122O6/c1-4-7-10-13-16-19-22-24-26-27-28-29-30-31-32-33-34-35-36-37-38-39-40-41-43-44-47-50-53-56-59-62-68(71)74-65-66(64-73-67(70)61-58-55-52-49-46-21-18-15-12-9-6-3)75-69(72)63-60-57-54-51-48-45-42-25-23-20-17-14-11-8-5-2/h8,11,15,17-18,20,25,42,48,51,57,60,66H,4-7,9-10,12-14,16,19,21-24,26-41,43-47,49-50,52-56,58-59,61-65H2,1-3H3/b11-8-,18-15-,20-17-,42-25-,51-48-,60-57-. The number of ether oxygens (including phenoxy) is 3. The minimum atomic E-state index is -0.832. The second-order valence-electron chi connectivity index (χ2n) is 21.7. The Kier molecular flexibility index (Phi) is 60.7.